The van der Waals surface area contributed by atoms with Crippen molar-refractivity contribution in [1.29, 1.82) is 0 Å². The van der Waals surface area contributed by atoms with Gasteiger partial charge >= 0.3 is 0 Å². The van der Waals surface area contributed by atoms with Crippen molar-refractivity contribution >= 4 is 0 Å². The van der Waals surface area contributed by atoms with Gasteiger partial charge in [0.05, 0.1) is 6.04 Å². The third-order valence-corrected chi connectivity index (χ3v) is 2.25. The first-order valence-electron chi connectivity index (χ1n) is 3.87. The van der Waals surface area contributed by atoms with Crippen molar-refractivity contribution in [1.82, 2.24) is 9.78 Å². The van der Waals surface area contributed by atoms with Crippen LogP contribution in [0.25, 0.3) is 0 Å². The van der Waals surface area contributed by atoms with Crippen molar-refractivity contribution in [2.24, 2.45) is 5.92 Å². The minimum Gasteiger partial charge on any atom is -0.270 e. The monoisotopic (exact) mass is 136 g/mol. The number of aromatic nitrogens is 2. The zero-order valence-corrected chi connectivity index (χ0v) is 6.20. The second-order valence-electron chi connectivity index (χ2n) is 3.06. The summed E-state index contributed by atoms with van der Waals surface area (Å²) in [5, 5.41) is 4.19. The SMILES string of the molecule is C[C@H](C1CC1)n1cccn1. The lowest BCUT2D eigenvalue weighted by Gasteiger charge is -2.09. The quantitative estimate of drug-likeness (QED) is 0.606. The van der Waals surface area contributed by atoms with E-state index >= 15 is 0 Å². The fourth-order valence-electron chi connectivity index (χ4n) is 1.32. The second kappa shape index (κ2) is 2.11. The average molecular weight is 136 g/mol. The molecule has 0 aliphatic heterocycles. The molecule has 1 fully saturated rings. The number of hydrogen-bond acceptors (Lipinski definition) is 1. The highest BCUT2D eigenvalue weighted by Gasteiger charge is 2.28. The second-order valence-corrected chi connectivity index (χ2v) is 3.06. The first kappa shape index (κ1) is 5.96. The Kier molecular flexibility index (Phi) is 1.26. The molecule has 0 bridgehead atoms. The Labute approximate surface area is 60.9 Å². The summed E-state index contributed by atoms with van der Waals surface area (Å²) in [6.07, 6.45) is 6.67. The van der Waals surface area contributed by atoms with E-state index in [1.165, 1.54) is 12.8 Å². The molecule has 1 aliphatic carbocycles. The zero-order valence-electron chi connectivity index (χ0n) is 6.20. The number of hydrogen-bond donors (Lipinski definition) is 0. The normalized spacial score (nSPS) is 20.9. The molecule has 1 saturated carbocycles. The smallest absolute Gasteiger partial charge is 0.0519 e. The largest absolute Gasteiger partial charge is 0.270 e. The molecule has 2 nitrogen and oxygen atoms in total. The van der Waals surface area contributed by atoms with Gasteiger partial charge in [0, 0.05) is 12.4 Å². The first-order chi connectivity index (χ1) is 4.88. The Bertz CT molecular complexity index is 199. The van der Waals surface area contributed by atoms with Crippen molar-refractivity contribution in [2.75, 3.05) is 0 Å². The predicted molar refractivity (Wildman–Crippen MR) is 39.7 cm³/mol. The maximum Gasteiger partial charge on any atom is 0.0519 e. The fourth-order valence-corrected chi connectivity index (χ4v) is 1.32. The predicted octanol–water partition coefficient (Wildman–Crippen LogP) is 1.85. The molecule has 0 saturated heterocycles. The Balaban J connectivity index is 2.11. The van der Waals surface area contributed by atoms with Crippen LogP contribution in [0.4, 0.5) is 0 Å². The molecular formula is C8H12N2. The summed E-state index contributed by atoms with van der Waals surface area (Å²) in [7, 11) is 0. The van der Waals surface area contributed by atoms with Crippen molar-refractivity contribution in [3.8, 4) is 0 Å². The van der Waals surface area contributed by atoms with Crippen LogP contribution in [0, 0.1) is 5.92 Å². The minimum absolute atomic E-state index is 0.620. The Morgan fingerprint density at radius 3 is 2.90 bits per heavy atom. The minimum atomic E-state index is 0.620. The van der Waals surface area contributed by atoms with E-state index in [1.54, 1.807) is 0 Å². The van der Waals surface area contributed by atoms with E-state index in [2.05, 4.69) is 16.7 Å². The van der Waals surface area contributed by atoms with Crippen LogP contribution in [0.15, 0.2) is 18.5 Å². The van der Waals surface area contributed by atoms with Crippen LogP contribution < -0.4 is 0 Å². The van der Waals surface area contributed by atoms with Gasteiger partial charge in [0.2, 0.25) is 0 Å². The first-order valence-corrected chi connectivity index (χ1v) is 3.87. The summed E-state index contributed by atoms with van der Waals surface area (Å²) in [5.41, 5.74) is 0. The van der Waals surface area contributed by atoms with Crippen LogP contribution in [-0.2, 0) is 0 Å². The standard InChI is InChI=1S/C8H12N2/c1-7(8-3-4-8)10-6-2-5-9-10/h2,5-8H,3-4H2,1H3/t7-/m1/s1. The number of rotatable bonds is 2. The molecule has 0 amide bonds. The molecular weight excluding hydrogens is 124 g/mol. The summed E-state index contributed by atoms with van der Waals surface area (Å²) in [4.78, 5) is 0. The molecule has 0 spiro atoms. The van der Waals surface area contributed by atoms with Gasteiger partial charge in [-0.2, -0.15) is 5.10 Å². The third-order valence-electron chi connectivity index (χ3n) is 2.25. The summed E-state index contributed by atoms with van der Waals surface area (Å²) < 4.78 is 2.05. The molecule has 1 atom stereocenters. The Hall–Kier alpha value is -0.790. The molecule has 2 heteroatoms. The van der Waals surface area contributed by atoms with E-state index < -0.39 is 0 Å². The Morgan fingerprint density at radius 1 is 1.60 bits per heavy atom. The van der Waals surface area contributed by atoms with Crippen molar-refractivity contribution in [3.05, 3.63) is 18.5 Å². The Morgan fingerprint density at radius 2 is 2.40 bits per heavy atom. The zero-order chi connectivity index (χ0) is 6.97. The van der Waals surface area contributed by atoms with Gasteiger partial charge in [-0.25, -0.2) is 0 Å². The van der Waals surface area contributed by atoms with Crippen LogP contribution in [-0.4, -0.2) is 9.78 Å². The maximum atomic E-state index is 4.19. The molecule has 0 radical (unpaired) electrons. The fraction of sp³-hybridized carbons (Fsp3) is 0.625. The van der Waals surface area contributed by atoms with Crippen LogP contribution >= 0.6 is 0 Å². The highest BCUT2D eigenvalue weighted by Crippen LogP contribution is 2.38. The van der Waals surface area contributed by atoms with E-state index in [0.717, 1.165) is 5.92 Å². The molecule has 1 aromatic rings. The summed E-state index contributed by atoms with van der Waals surface area (Å²) in [6.45, 7) is 2.24. The van der Waals surface area contributed by atoms with Crippen molar-refractivity contribution in [3.63, 3.8) is 0 Å². The topological polar surface area (TPSA) is 17.8 Å². The van der Waals surface area contributed by atoms with Gasteiger partial charge in [0.1, 0.15) is 0 Å². The molecule has 0 N–H and O–H groups in total. The van der Waals surface area contributed by atoms with Gasteiger partial charge in [-0.1, -0.05) is 0 Å². The van der Waals surface area contributed by atoms with Gasteiger partial charge in [-0.05, 0) is 31.7 Å². The molecule has 54 valence electrons. The lowest BCUT2D eigenvalue weighted by Crippen LogP contribution is -2.06. The molecule has 1 aromatic heterocycles. The van der Waals surface area contributed by atoms with Gasteiger partial charge in [0.25, 0.3) is 0 Å². The third kappa shape index (κ3) is 0.939. The van der Waals surface area contributed by atoms with Crippen molar-refractivity contribution in [2.45, 2.75) is 25.8 Å². The molecule has 10 heavy (non-hydrogen) atoms. The van der Waals surface area contributed by atoms with Gasteiger partial charge in [0.15, 0.2) is 0 Å². The highest BCUT2D eigenvalue weighted by atomic mass is 15.3. The molecule has 0 unspecified atom stereocenters. The lowest BCUT2D eigenvalue weighted by molar-refractivity contribution is 0.440. The van der Waals surface area contributed by atoms with E-state index in [0.29, 0.717) is 6.04 Å². The van der Waals surface area contributed by atoms with Crippen LogP contribution in [0.2, 0.25) is 0 Å². The number of nitrogens with zero attached hydrogens (tertiary/aromatic N) is 2. The molecule has 0 aromatic carbocycles. The average Bonchev–Trinajstić information content (AvgIpc) is 2.65. The van der Waals surface area contributed by atoms with Crippen LogP contribution in [0.1, 0.15) is 25.8 Å². The van der Waals surface area contributed by atoms with Crippen LogP contribution in [0.5, 0.6) is 0 Å². The molecule has 1 heterocycles. The van der Waals surface area contributed by atoms with E-state index in [-0.39, 0.29) is 0 Å². The van der Waals surface area contributed by atoms with Crippen LogP contribution in [0.3, 0.4) is 0 Å². The lowest BCUT2D eigenvalue weighted by atomic mass is 10.2. The summed E-state index contributed by atoms with van der Waals surface area (Å²) in [5.74, 6) is 0.903. The summed E-state index contributed by atoms with van der Waals surface area (Å²) in [6, 6.07) is 2.61. The highest BCUT2D eigenvalue weighted by molar-refractivity contribution is 4.87. The van der Waals surface area contributed by atoms with E-state index in [9.17, 15) is 0 Å². The van der Waals surface area contributed by atoms with E-state index in [4.69, 9.17) is 0 Å². The molecule has 1 aliphatic rings. The van der Waals surface area contributed by atoms with Gasteiger partial charge in [-0.15, -0.1) is 0 Å². The van der Waals surface area contributed by atoms with Gasteiger partial charge < -0.3 is 0 Å². The van der Waals surface area contributed by atoms with Gasteiger partial charge in [-0.3, -0.25) is 4.68 Å². The molecule has 2 rings (SSSR count). The van der Waals surface area contributed by atoms with Crippen molar-refractivity contribution < 1.29 is 0 Å². The van der Waals surface area contributed by atoms with E-state index in [1.807, 2.05) is 18.5 Å². The summed E-state index contributed by atoms with van der Waals surface area (Å²) >= 11 is 0. The maximum absolute atomic E-state index is 4.19.